The number of carbonyl (C=O) groups excluding carboxylic acids is 1. The van der Waals surface area contributed by atoms with E-state index in [1.165, 1.54) is 6.21 Å². The van der Waals surface area contributed by atoms with E-state index < -0.39 is 5.91 Å². The molecule has 0 atom stereocenters. The zero-order valence-electron chi connectivity index (χ0n) is 12.2. The van der Waals surface area contributed by atoms with Crippen molar-refractivity contribution in [3.8, 4) is 5.75 Å². The molecule has 0 saturated carbocycles. The number of carbonyl (C=O) groups is 1. The van der Waals surface area contributed by atoms with Crippen molar-refractivity contribution in [2.24, 2.45) is 10.9 Å². The van der Waals surface area contributed by atoms with Gasteiger partial charge >= 0.3 is 0 Å². The number of fused-ring (bicyclic) bond motifs is 1. The molecule has 4 N–H and O–H groups in total. The van der Waals surface area contributed by atoms with Gasteiger partial charge in [0.15, 0.2) is 0 Å². The van der Waals surface area contributed by atoms with Gasteiger partial charge in [0.1, 0.15) is 5.75 Å². The van der Waals surface area contributed by atoms with E-state index in [0.29, 0.717) is 11.3 Å². The summed E-state index contributed by atoms with van der Waals surface area (Å²) >= 11 is 0. The van der Waals surface area contributed by atoms with Gasteiger partial charge in [-0.3, -0.25) is 4.79 Å². The molecule has 23 heavy (non-hydrogen) atoms. The number of amides is 1. The topological polar surface area (TPSA) is 87.7 Å². The highest BCUT2D eigenvalue weighted by Crippen LogP contribution is 2.30. The fraction of sp³-hybridized carbons (Fsp3) is 0. The largest absolute Gasteiger partial charge is 0.506 e. The molecule has 3 aromatic rings. The van der Waals surface area contributed by atoms with Crippen LogP contribution in [0, 0.1) is 0 Å². The lowest BCUT2D eigenvalue weighted by molar-refractivity contribution is 0.102. The van der Waals surface area contributed by atoms with Crippen LogP contribution in [0.25, 0.3) is 10.8 Å². The Morgan fingerprint density at radius 3 is 2.52 bits per heavy atom. The number of phenolic OH excluding ortho intramolecular Hbond substituents is 1. The molecular formula is C18H15N3O2. The summed E-state index contributed by atoms with van der Waals surface area (Å²) in [5.74, 6) is 4.68. The van der Waals surface area contributed by atoms with Gasteiger partial charge in [-0.2, -0.15) is 5.10 Å². The van der Waals surface area contributed by atoms with Crippen molar-refractivity contribution in [1.29, 1.82) is 0 Å². The number of benzene rings is 3. The predicted octanol–water partition coefficient (Wildman–Crippen LogP) is 3.09. The van der Waals surface area contributed by atoms with E-state index in [9.17, 15) is 9.90 Å². The Hall–Kier alpha value is -3.34. The smallest absolute Gasteiger partial charge is 0.259 e. The molecule has 0 spiro atoms. The van der Waals surface area contributed by atoms with Gasteiger partial charge in [0.2, 0.25) is 0 Å². The Morgan fingerprint density at radius 2 is 1.78 bits per heavy atom. The molecule has 3 aromatic carbocycles. The molecule has 114 valence electrons. The predicted molar refractivity (Wildman–Crippen MR) is 91.8 cm³/mol. The van der Waals surface area contributed by atoms with Gasteiger partial charge in [0.25, 0.3) is 5.91 Å². The van der Waals surface area contributed by atoms with E-state index in [1.807, 2.05) is 42.5 Å². The Morgan fingerprint density at radius 1 is 1.09 bits per heavy atom. The molecule has 0 fully saturated rings. The van der Waals surface area contributed by atoms with E-state index in [-0.39, 0.29) is 11.3 Å². The Balaban J connectivity index is 2.10. The van der Waals surface area contributed by atoms with Gasteiger partial charge < -0.3 is 16.3 Å². The van der Waals surface area contributed by atoms with E-state index in [0.717, 1.165) is 10.8 Å². The normalized spacial score (nSPS) is 11.0. The summed E-state index contributed by atoms with van der Waals surface area (Å²) in [6.07, 6.45) is 1.34. The molecular weight excluding hydrogens is 290 g/mol. The average molecular weight is 305 g/mol. The van der Waals surface area contributed by atoms with E-state index >= 15 is 0 Å². The highest BCUT2D eigenvalue weighted by Gasteiger charge is 2.17. The standard InChI is InChI=1S/C18H15N3O2/c19-20-11-16-14-9-5-4-6-12(14)10-15(17(16)22)18(23)21-13-7-2-1-3-8-13/h1-11,22H,19H2,(H,21,23). The number of rotatable bonds is 3. The van der Waals surface area contributed by atoms with Crippen molar-refractivity contribution in [3.63, 3.8) is 0 Å². The number of hydrogen-bond acceptors (Lipinski definition) is 4. The molecule has 0 bridgehead atoms. The Kier molecular flexibility index (Phi) is 3.93. The number of nitrogens with two attached hydrogens (primary N) is 1. The minimum atomic E-state index is -0.397. The highest BCUT2D eigenvalue weighted by atomic mass is 16.3. The molecule has 5 nitrogen and oxygen atoms in total. The van der Waals surface area contributed by atoms with Crippen molar-refractivity contribution in [2.75, 3.05) is 5.32 Å². The lowest BCUT2D eigenvalue weighted by Crippen LogP contribution is -2.13. The second-order valence-corrected chi connectivity index (χ2v) is 5.01. The lowest BCUT2D eigenvalue weighted by atomic mass is 9.99. The van der Waals surface area contributed by atoms with E-state index in [4.69, 9.17) is 5.84 Å². The number of aromatic hydroxyl groups is 1. The second-order valence-electron chi connectivity index (χ2n) is 5.01. The van der Waals surface area contributed by atoms with Crippen molar-refractivity contribution in [1.82, 2.24) is 0 Å². The van der Waals surface area contributed by atoms with Crippen molar-refractivity contribution < 1.29 is 9.90 Å². The zero-order chi connectivity index (χ0) is 16.2. The molecule has 3 rings (SSSR count). The van der Waals surface area contributed by atoms with Crippen molar-refractivity contribution in [2.45, 2.75) is 0 Å². The van der Waals surface area contributed by atoms with Crippen LogP contribution in [0.15, 0.2) is 65.8 Å². The molecule has 0 aliphatic rings. The highest BCUT2D eigenvalue weighted by molar-refractivity contribution is 6.13. The summed E-state index contributed by atoms with van der Waals surface area (Å²) in [4.78, 5) is 12.5. The van der Waals surface area contributed by atoms with Crippen LogP contribution < -0.4 is 11.2 Å². The Labute approximate surface area is 133 Å². The SMILES string of the molecule is NN=Cc1c(O)c(C(=O)Nc2ccccc2)cc2ccccc12. The van der Waals surface area contributed by atoms with Crippen LogP contribution in [-0.4, -0.2) is 17.2 Å². The third-order valence-corrected chi connectivity index (χ3v) is 3.54. The number of para-hydroxylation sites is 1. The maximum atomic E-state index is 12.5. The van der Waals surface area contributed by atoms with Crippen LogP contribution >= 0.6 is 0 Å². The molecule has 0 aliphatic heterocycles. The third kappa shape index (κ3) is 2.85. The van der Waals surface area contributed by atoms with Gasteiger partial charge in [-0.05, 0) is 29.0 Å². The fourth-order valence-corrected chi connectivity index (χ4v) is 2.46. The molecule has 0 aliphatic carbocycles. The van der Waals surface area contributed by atoms with Crippen LogP contribution in [0.4, 0.5) is 5.69 Å². The summed E-state index contributed by atoms with van der Waals surface area (Å²) < 4.78 is 0. The van der Waals surface area contributed by atoms with Crippen LogP contribution in [0.3, 0.4) is 0 Å². The first-order valence-corrected chi connectivity index (χ1v) is 7.05. The first kappa shape index (κ1) is 14.6. The van der Waals surface area contributed by atoms with Gasteiger partial charge in [0.05, 0.1) is 11.8 Å². The third-order valence-electron chi connectivity index (χ3n) is 3.54. The molecule has 1 amide bonds. The summed E-state index contributed by atoms with van der Waals surface area (Å²) in [5, 5.41) is 18.3. The lowest BCUT2D eigenvalue weighted by Gasteiger charge is -2.11. The molecule has 0 heterocycles. The molecule has 0 unspecified atom stereocenters. The van der Waals surface area contributed by atoms with Gasteiger partial charge in [-0.15, -0.1) is 0 Å². The van der Waals surface area contributed by atoms with Crippen molar-refractivity contribution in [3.05, 3.63) is 71.8 Å². The number of nitrogens with zero attached hydrogens (tertiary/aromatic N) is 1. The summed E-state index contributed by atoms with van der Waals surface area (Å²) in [6.45, 7) is 0. The van der Waals surface area contributed by atoms with Crippen LogP contribution in [-0.2, 0) is 0 Å². The molecule has 0 radical (unpaired) electrons. The minimum absolute atomic E-state index is 0.147. The summed E-state index contributed by atoms with van der Waals surface area (Å²) in [7, 11) is 0. The quantitative estimate of drug-likeness (QED) is 0.395. The maximum absolute atomic E-state index is 12.5. The number of anilines is 1. The number of nitrogens with one attached hydrogen (secondary N) is 1. The molecule has 0 saturated heterocycles. The minimum Gasteiger partial charge on any atom is -0.506 e. The number of phenols is 1. The van der Waals surface area contributed by atoms with E-state index in [1.54, 1.807) is 18.2 Å². The van der Waals surface area contributed by atoms with Gasteiger partial charge in [0, 0.05) is 11.3 Å². The molecule has 5 heteroatoms. The summed E-state index contributed by atoms with van der Waals surface area (Å²) in [5.41, 5.74) is 1.24. The maximum Gasteiger partial charge on any atom is 0.259 e. The first-order chi connectivity index (χ1) is 11.2. The van der Waals surface area contributed by atoms with Gasteiger partial charge in [-0.1, -0.05) is 42.5 Å². The second kappa shape index (κ2) is 6.19. The van der Waals surface area contributed by atoms with Crippen molar-refractivity contribution >= 4 is 28.6 Å². The summed E-state index contributed by atoms with van der Waals surface area (Å²) in [6, 6.07) is 18.1. The first-order valence-electron chi connectivity index (χ1n) is 7.05. The zero-order valence-corrected chi connectivity index (χ0v) is 12.2. The molecule has 0 aromatic heterocycles. The van der Waals surface area contributed by atoms with Crippen LogP contribution in [0.1, 0.15) is 15.9 Å². The monoisotopic (exact) mass is 305 g/mol. The van der Waals surface area contributed by atoms with Crippen LogP contribution in [0.5, 0.6) is 5.75 Å². The average Bonchev–Trinajstić information content (AvgIpc) is 2.58. The van der Waals surface area contributed by atoms with Gasteiger partial charge in [-0.25, -0.2) is 0 Å². The number of hydrazone groups is 1. The number of hydrogen-bond donors (Lipinski definition) is 3. The van der Waals surface area contributed by atoms with E-state index in [2.05, 4.69) is 10.4 Å². The van der Waals surface area contributed by atoms with Crippen LogP contribution in [0.2, 0.25) is 0 Å². The Bertz CT molecular complexity index is 889. The fourth-order valence-electron chi connectivity index (χ4n) is 2.46.